The summed E-state index contributed by atoms with van der Waals surface area (Å²) in [4.78, 5) is 15.7. The molecule has 4 N–H and O–H groups in total. The molecular weight excluding hydrogens is 478 g/mol. The molecule has 3 aromatic rings. The molecule has 1 aromatic carbocycles. The quantitative estimate of drug-likeness (QED) is 0.369. The molecule has 7 nitrogen and oxygen atoms in total. The van der Waals surface area contributed by atoms with Crippen LogP contribution in [0.3, 0.4) is 0 Å². The van der Waals surface area contributed by atoms with Crippen molar-refractivity contribution >= 4 is 42.5 Å². The number of rotatable bonds is 5. The fraction of sp³-hybridized carbons (Fsp3) is 0.200. The van der Waals surface area contributed by atoms with Crippen LogP contribution in [0.5, 0.6) is 5.75 Å². The van der Waals surface area contributed by atoms with Crippen molar-refractivity contribution in [3.63, 3.8) is 0 Å². The van der Waals surface area contributed by atoms with E-state index in [1.165, 1.54) is 37.0 Å². The molecule has 0 saturated carbocycles. The Balaban J connectivity index is 1.87. The van der Waals surface area contributed by atoms with Crippen molar-refractivity contribution in [2.45, 2.75) is 5.07 Å². The normalized spacial score (nSPS) is 11.0. The molecule has 0 fully saturated rings. The number of methoxy groups -OCH3 is 1. The molecule has 0 unspecified atom stereocenters. The first-order valence-corrected chi connectivity index (χ1v) is 10.6. The second-order valence-corrected chi connectivity index (χ2v) is 8.34. The van der Waals surface area contributed by atoms with Gasteiger partial charge in [-0.2, -0.15) is 0 Å². The van der Waals surface area contributed by atoms with Crippen molar-refractivity contribution in [2.24, 2.45) is 0 Å². The van der Waals surface area contributed by atoms with Gasteiger partial charge in [0.05, 0.1) is 0 Å². The molecule has 11 heteroatoms. The van der Waals surface area contributed by atoms with E-state index < -0.39 is 20.0 Å². The molecule has 0 saturated heterocycles. The summed E-state index contributed by atoms with van der Waals surface area (Å²) < 4.78 is 46.0. The molecule has 3 rings (SSSR count). The van der Waals surface area contributed by atoms with E-state index in [0.29, 0.717) is 22.5 Å². The number of nitrogens with two attached hydrogens (primary N) is 1. The van der Waals surface area contributed by atoms with Gasteiger partial charge in [0, 0.05) is 0 Å². The summed E-state index contributed by atoms with van der Waals surface area (Å²) in [6.07, 6.45) is 2.79. The zero-order valence-corrected chi connectivity index (χ0v) is 18.2. The second-order valence-electron chi connectivity index (χ2n) is 6.13. The van der Waals surface area contributed by atoms with Crippen molar-refractivity contribution in [1.29, 1.82) is 0 Å². The van der Waals surface area contributed by atoms with Crippen LogP contribution in [0.15, 0.2) is 36.7 Å². The molecule has 0 aliphatic rings. The molecule has 2 heterocycles. The fourth-order valence-corrected chi connectivity index (χ4v) is 4.27. The first-order valence-electron chi connectivity index (χ1n) is 8.87. The molecular formula is C20H18F3N5O2Se. The Bertz CT molecular complexity index is 1180. The molecule has 0 aliphatic heterocycles. The van der Waals surface area contributed by atoms with E-state index >= 15 is 0 Å². The minimum absolute atomic E-state index is 0.0517. The maximum absolute atomic E-state index is 13.1. The summed E-state index contributed by atoms with van der Waals surface area (Å²) in [6, 6.07) is 6.37. The summed E-state index contributed by atoms with van der Waals surface area (Å²) >= 11 is -1.81. The molecule has 0 atom stereocenters. The number of nitrogens with one attached hydrogen (secondary N) is 2. The second kappa shape index (κ2) is 9.20. The monoisotopic (exact) mass is 497 g/mol. The third-order valence-corrected chi connectivity index (χ3v) is 5.94. The molecule has 2 aromatic heterocycles. The number of aromatic nitrogens is 2. The molecule has 1 amide bonds. The fourth-order valence-electron chi connectivity index (χ4n) is 2.81. The van der Waals surface area contributed by atoms with Gasteiger partial charge < -0.3 is 0 Å². The van der Waals surface area contributed by atoms with Crippen molar-refractivity contribution in [2.75, 3.05) is 31.8 Å². The first kappa shape index (κ1) is 22.3. The van der Waals surface area contributed by atoms with Gasteiger partial charge in [0.25, 0.3) is 0 Å². The van der Waals surface area contributed by atoms with Crippen LogP contribution < -0.4 is 25.7 Å². The van der Waals surface area contributed by atoms with Gasteiger partial charge in [-0.1, -0.05) is 0 Å². The third-order valence-electron chi connectivity index (χ3n) is 4.17. The Kier molecular flexibility index (Phi) is 6.63. The van der Waals surface area contributed by atoms with Gasteiger partial charge in [-0.05, 0) is 0 Å². The number of amides is 1. The van der Waals surface area contributed by atoms with Crippen molar-refractivity contribution < 1.29 is 22.7 Å². The number of carbonyl (C=O) groups is 1. The molecule has 0 aliphatic carbocycles. The van der Waals surface area contributed by atoms with Crippen molar-refractivity contribution in [3.05, 3.63) is 47.8 Å². The zero-order valence-electron chi connectivity index (χ0n) is 16.5. The van der Waals surface area contributed by atoms with Gasteiger partial charge in [0.2, 0.25) is 0 Å². The number of nitrogens with zero attached hydrogens (tertiary/aromatic N) is 2. The van der Waals surface area contributed by atoms with Crippen LogP contribution in [0.2, 0.25) is 0 Å². The van der Waals surface area contributed by atoms with E-state index in [2.05, 4.69) is 27.5 Å². The number of nitrogen functional groups attached to an aromatic ring is 1. The predicted octanol–water partition coefficient (Wildman–Crippen LogP) is 1.60. The Morgan fingerprint density at radius 2 is 2.13 bits per heavy atom. The van der Waals surface area contributed by atoms with E-state index in [0.717, 1.165) is 0 Å². The van der Waals surface area contributed by atoms with Crippen molar-refractivity contribution in [3.8, 4) is 17.6 Å². The third kappa shape index (κ3) is 5.23. The number of ether oxygens (including phenoxy) is 1. The van der Waals surface area contributed by atoms with Crippen LogP contribution in [-0.4, -0.2) is 56.0 Å². The van der Waals surface area contributed by atoms with E-state index in [4.69, 9.17) is 10.5 Å². The summed E-state index contributed by atoms with van der Waals surface area (Å²) in [5.74, 6) is 5.98. The maximum atomic E-state index is 13.1. The Morgan fingerprint density at radius 3 is 2.81 bits per heavy atom. The van der Waals surface area contributed by atoms with E-state index in [1.54, 1.807) is 18.2 Å². The number of hydrogen-bond donors (Lipinski definition) is 3. The molecule has 31 heavy (non-hydrogen) atoms. The van der Waals surface area contributed by atoms with E-state index in [1.807, 2.05) is 0 Å². The standard InChI is InChI=1S/C20H18F3N5O2Se/c1-25-18(29)12-5-6-16(30-2)14(10-12)26-7-3-4-13-11-15-17(24)27-8-9-28(15)19(13)31-20(21,22)23/h5-6,8-11,26H,7H2,1-2H3,(H2,24,27)(H,25,29). The van der Waals surface area contributed by atoms with Gasteiger partial charge >= 0.3 is 182 Å². The van der Waals surface area contributed by atoms with Gasteiger partial charge in [-0.25, -0.2) is 0 Å². The number of benzene rings is 1. The van der Waals surface area contributed by atoms with Crippen LogP contribution in [0.1, 0.15) is 15.9 Å². The summed E-state index contributed by atoms with van der Waals surface area (Å²) in [5.41, 5.74) is 7.38. The van der Waals surface area contributed by atoms with Gasteiger partial charge in [0.1, 0.15) is 0 Å². The summed E-state index contributed by atoms with van der Waals surface area (Å²) in [7, 11) is 3.01. The van der Waals surface area contributed by atoms with Gasteiger partial charge in [0.15, 0.2) is 0 Å². The van der Waals surface area contributed by atoms with E-state index in [-0.39, 0.29) is 28.4 Å². The number of halogens is 3. The Morgan fingerprint density at radius 1 is 1.35 bits per heavy atom. The number of hydrogen-bond acceptors (Lipinski definition) is 5. The van der Waals surface area contributed by atoms with Gasteiger partial charge in [-0.3, -0.25) is 0 Å². The number of fused-ring (bicyclic) bond motifs is 1. The molecule has 0 radical (unpaired) electrons. The van der Waals surface area contributed by atoms with Crippen LogP contribution in [0.4, 0.5) is 24.7 Å². The summed E-state index contributed by atoms with van der Waals surface area (Å²) in [5, 5.41) is 1.21. The van der Waals surface area contributed by atoms with Gasteiger partial charge in [-0.15, -0.1) is 0 Å². The van der Waals surface area contributed by atoms with E-state index in [9.17, 15) is 18.0 Å². The van der Waals surface area contributed by atoms with Crippen molar-refractivity contribution in [1.82, 2.24) is 14.7 Å². The molecule has 0 bridgehead atoms. The molecule has 0 spiro atoms. The zero-order chi connectivity index (χ0) is 22.6. The van der Waals surface area contributed by atoms with Crippen LogP contribution in [0, 0.1) is 11.8 Å². The average Bonchev–Trinajstić information content (AvgIpc) is 3.07. The topological polar surface area (TPSA) is 93.7 Å². The number of alkyl halides is 3. The number of anilines is 2. The first-order chi connectivity index (χ1) is 14.7. The Labute approximate surface area is 182 Å². The summed E-state index contributed by atoms with van der Waals surface area (Å²) in [6.45, 7) is 0.117. The Hall–Kier alpha value is -3.35. The SMILES string of the molecule is CNC(=O)c1ccc(OC)c(NCC#Cc2cc3c(N)nccn3c2[Se]C(F)(F)F)c1. The van der Waals surface area contributed by atoms with Crippen LogP contribution in [0.25, 0.3) is 5.52 Å². The molecule has 162 valence electrons. The number of carbonyl (C=O) groups excluding carboxylic acids is 1. The minimum atomic E-state index is -4.35. The average molecular weight is 496 g/mol. The van der Waals surface area contributed by atoms with Crippen LogP contribution in [-0.2, 0) is 0 Å². The predicted molar refractivity (Wildman–Crippen MR) is 113 cm³/mol. The van der Waals surface area contributed by atoms with Crippen LogP contribution >= 0.6 is 0 Å².